The standard InChI is InChI=1S/C32H40N4O5/c1-7-36(30(39)26(17-18-27(33)37)35-31(40)41-32(4,5)6)28(25-14-10-11-20(2)21(25)3)29(38)34-24-16-15-22-12-8-9-13-23(22)19-24/h8-16,19,26,28H,7,17-18H2,1-6H3,(H2,33,37)(H,34,38)(H,35,40). The van der Waals surface area contributed by atoms with Gasteiger partial charge in [0.25, 0.3) is 5.91 Å². The molecule has 3 aromatic rings. The average molecular weight is 561 g/mol. The Balaban J connectivity index is 2.01. The second-order valence-electron chi connectivity index (χ2n) is 11.1. The highest BCUT2D eigenvalue weighted by molar-refractivity contribution is 6.00. The van der Waals surface area contributed by atoms with Crippen LogP contribution in [0, 0.1) is 13.8 Å². The second-order valence-corrected chi connectivity index (χ2v) is 11.1. The maximum atomic E-state index is 14.1. The van der Waals surface area contributed by atoms with Crippen LogP contribution in [0.5, 0.6) is 0 Å². The molecule has 0 spiro atoms. The highest BCUT2D eigenvalue weighted by Gasteiger charge is 2.36. The summed E-state index contributed by atoms with van der Waals surface area (Å²) < 4.78 is 5.36. The predicted octanol–water partition coefficient (Wildman–Crippen LogP) is 5.14. The van der Waals surface area contributed by atoms with E-state index in [1.54, 1.807) is 27.7 Å². The number of aryl methyl sites for hydroxylation is 1. The number of anilines is 1. The predicted molar refractivity (Wildman–Crippen MR) is 160 cm³/mol. The molecule has 2 unspecified atom stereocenters. The van der Waals surface area contributed by atoms with Gasteiger partial charge in [-0.25, -0.2) is 4.79 Å². The van der Waals surface area contributed by atoms with Crippen molar-refractivity contribution in [1.29, 1.82) is 0 Å². The zero-order chi connectivity index (χ0) is 30.3. The lowest BCUT2D eigenvalue weighted by molar-refractivity contribution is -0.140. The molecule has 3 rings (SSSR count). The molecule has 0 aliphatic carbocycles. The molecule has 9 nitrogen and oxygen atoms in total. The smallest absolute Gasteiger partial charge is 0.408 e. The Morgan fingerprint density at radius 1 is 0.951 bits per heavy atom. The first-order valence-corrected chi connectivity index (χ1v) is 13.7. The van der Waals surface area contributed by atoms with E-state index in [2.05, 4.69) is 10.6 Å². The number of nitrogens with zero attached hydrogens (tertiary/aromatic N) is 1. The zero-order valence-electron chi connectivity index (χ0n) is 24.6. The first kappa shape index (κ1) is 31.1. The van der Waals surface area contributed by atoms with E-state index in [4.69, 9.17) is 10.5 Å². The van der Waals surface area contributed by atoms with Gasteiger partial charge in [0.1, 0.15) is 17.7 Å². The van der Waals surface area contributed by atoms with Crippen molar-refractivity contribution >= 4 is 40.3 Å². The number of ether oxygens (including phenoxy) is 1. The van der Waals surface area contributed by atoms with E-state index in [9.17, 15) is 19.2 Å². The number of rotatable bonds is 10. The molecule has 41 heavy (non-hydrogen) atoms. The van der Waals surface area contributed by atoms with Crippen LogP contribution >= 0.6 is 0 Å². The minimum atomic E-state index is -1.14. The van der Waals surface area contributed by atoms with E-state index in [0.29, 0.717) is 11.3 Å². The third-order valence-electron chi connectivity index (χ3n) is 6.81. The molecule has 0 bridgehead atoms. The SMILES string of the molecule is CCN(C(=O)C(CCC(N)=O)NC(=O)OC(C)(C)C)C(C(=O)Nc1ccc2ccccc2c1)c1cccc(C)c1C. The van der Waals surface area contributed by atoms with Crippen LogP contribution in [0.25, 0.3) is 10.8 Å². The topological polar surface area (TPSA) is 131 Å². The molecular formula is C32H40N4O5. The minimum absolute atomic E-state index is 0.0459. The number of carbonyl (C=O) groups excluding carboxylic acids is 4. The fourth-order valence-corrected chi connectivity index (χ4v) is 4.66. The average Bonchev–Trinajstić information content (AvgIpc) is 2.90. The molecule has 0 saturated carbocycles. The Bertz CT molecular complexity index is 1430. The van der Waals surface area contributed by atoms with Gasteiger partial charge in [-0.15, -0.1) is 0 Å². The summed E-state index contributed by atoms with van der Waals surface area (Å²) in [6.45, 7) is 10.9. The fourth-order valence-electron chi connectivity index (χ4n) is 4.66. The van der Waals surface area contributed by atoms with Crippen molar-refractivity contribution in [3.05, 3.63) is 77.4 Å². The Labute approximate surface area is 241 Å². The van der Waals surface area contributed by atoms with Gasteiger partial charge in [0.15, 0.2) is 0 Å². The molecular weight excluding hydrogens is 520 g/mol. The van der Waals surface area contributed by atoms with Crippen LogP contribution in [0.15, 0.2) is 60.7 Å². The van der Waals surface area contributed by atoms with Crippen molar-refractivity contribution < 1.29 is 23.9 Å². The number of benzene rings is 3. The molecule has 2 atom stereocenters. The Morgan fingerprint density at radius 3 is 2.27 bits per heavy atom. The van der Waals surface area contributed by atoms with Crippen LogP contribution < -0.4 is 16.4 Å². The number of hydrogen-bond donors (Lipinski definition) is 3. The Morgan fingerprint density at radius 2 is 1.63 bits per heavy atom. The lowest BCUT2D eigenvalue weighted by Crippen LogP contribution is -2.52. The summed E-state index contributed by atoms with van der Waals surface area (Å²) in [6, 6.07) is 16.9. The summed E-state index contributed by atoms with van der Waals surface area (Å²) in [6.07, 6.45) is -0.989. The van der Waals surface area contributed by atoms with Gasteiger partial charge >= 0.3 is 6.09 Å². The van der Waals surface area contributed by atoms with Crippen molar-refractivity contribution in [2.24, 2.45) is 5.73 Å². The largest absolute Gasteiger partial charge is 0.444 e. The number of primary amides is 1. The van der Waals surface area contributed by atoms with E-state index < -0.39 is 41.5 Å². The van der Waals surface area contributed by atoms with Crippen molar-refractivity contribution in [1.82, 2.24) is 10.2 Å². The van der Waals surface area contributed by atoms with Gasteiger partial charge in [-0.05, 0) is 87.6 Å². The highest BCUT2D eigenvalue weighted by Crippen LogP contribution is 2.29. The third-order valence-corrected chi connectivity index (χ3v) is 6.81. The molecule has 4 amide bonds. The fraction of sp³-hybridized carbons (Fsp3) is 0.375. The van der Waals surface area contributed by atoms with Gasteiger partial charge in [-0.1, -0.05) is 48.5 Å². The maximum Gasteiger partial charge on any atom is 0.408 e. The van der Waals surface area contributed by atoms with Crippen molar-refractivity contribution in [3.63, 3.8) is 0 Å². The van der Waals surface area contributed by atoms with E-state index in [1.165, 1.54) is 4.90 Å². The summed E-state index contributed by atoms with van der Waals surface area (Å²) in [7, 11) is 0. The molecule has 0 fully saturated rings. The minimum Gasteiger partial charge on any atom is -0.444 e. The van der Waals surface area contributed by atoms with Crippen LogP contribution in [0.3, 0.4) is 0 Å². The molecule has 9 heteroatoms. The molecule has 0 aliphatic heterocycles. The summed E-state index contributed by atoms with van der Waals surface area (Å²) in [5.74, 6) is -1.55. The van der Waals surface area contributed by atoms with Gasteiger partial charge in [0.05, 0.1) is 0 Å². The number of nitrogens with two attached hydrogens (primary N) is 1. The van der Waals surface area contributed by atoms with Gasteiger partial charge in [-0.2, -0.15) is 0 Å². The first-order valence-electron chi connectivity index (χ1n) is 13.7. The van der Waals surface area contributed by atoms with Crippen LogP contribution in [0.2, 0.25) is 0 Å². The van der Waals surface area contributed by atoms with E-state index in [-0.39, 0.29) is 19.4 Å². The number of hydrogen-bond acceptors (Lipinski definition) is 5. The molecule has 0 saturated heterocycles. The van der Waals surface area contributed by atoms with Crippen molar-refractivity contribution in [2.45, 2.75) is 72.1 Å². The van der Waals surface area contributed by atoms with Crippen LogP contribution in [0.1, 0.15) is 63.3 Å². The third kappa shape index (κ3) is 8.30. The molecule has 0 aliphatic rings. The van der Waals surface area contributed by atoms with Gasteiger partial charge < -0.3 is 26.0 Å². The Hall–Kier alpha value is -4.40. The monoisotopic (exact) mass is 560 g/mol. The molecule has 0 radical (unpaired) electrons. The Kier molecular flexibility index (Phi) is 10.1. The maximum absolute atomic E-state index is 14.1. The van der Waals surface area contributed by atoms with Crippen LogP contribution in [0.4, 0.5) is 10.5 Å². The van der Waals surface area contributed by atoms with E-state index in [1.807, 2.05) is 74.5 Å². The van der Waals surface area contributed by atoms with Crippen LogP contribution in [-0.2, 0) is 19.1 Å². The second kappa shape index (κ2) is 13.3. The van der Waals surface area contributed by atoms with Gasteiger partial charge in [0, 0.05) is 18.7 Å². The van der Waals surface area contributed by atoms with E-state index in [0.717, 1.165) is 21.9 Å². The number of nitrogens with one attached hydrogen (secondary N) is 2. The molecule has 4 N–H and O–H groups in total. The zero-order valence-corrected chi connectivity index (χ0v) is 24.6. The normalized spacial score (nSPS) is 12.7. The molecule has 0 aromatic heterocycles. The van der Waals surface area contributed by atoms with Gasteiger partial charge in [0.2, 0.25) is 11.8 Å². The molecule has 0 heterocycles. The number of amides is 4. The summed E-state index contributed by atoms with van der Waals surface area (Å²) in [5.41, 5.74) is 7.65. The molecule has 218 valence electrons. The number of alkyl carbamates (subject to hydrolysis) is 1. The van der Waals surface area contributed by atoms with Crippen molar-refractivity contribution in [2.75, 3.05) is 11.9 Å². The lowest BCUT2D eigenvalue weighted by Gasteiger charge is -2.34. The quantitative estimate of drug-likeness (QED) is 0.316. The number of carbonyl (C=O) groups is 4. The van der Waals surface area contributed by atoms with Crippen LogP contribution in [-0.4, -0.2) is 46.9 Å². The summed E-state index contributed by atoms with van der Waals surface area (Å²) in [5, 5.41) is 7.58. The van der Waals surface area contributed by atoms with Crippen molar-refractivity contribution in [3.8, 4) is 0 Å². The molecule has 3 aromatic carbocycles. The number of fused-ring (bicyclic) bond motifs is 1. The number of likely N-dealkylation sites (N-methyl/N-ethyl adjacent to an activating group) is 1. The van der Waals surface area contributed by atoms with E-state index >= 15 is 0 Å². The summed E-state index contributed by atoms with van der Waals surface area (Å²) >= 11 is 0. The van der Waals surface area contributed by atoms with Gasteiger partial charge in [-0.3, -0.25) is 14.4 Å². The summed E-state index contributed by atoms with van der Waals surface area (Å²) in [4.78, 5) is 53.8. The lowest BCUT2D eigenvalue weighted by atomic mass is 9.94. The first-order chi connectivity index (χ1) is 19.3. The highest BCUT2D eigenvalue weighted by atomic mass is 16.6.